The Bertz CT molecular complexity index is 638. The molecule has 1 aromatic carbocycles. The molecular weight excluding hydrogens is 333 g/mol. The summed E-state index contributed by atoms with van der Waals surface area (Å²) in [5.41, 5.74) is 7.13. The molecule has 1 fully saturated rings. The predicted octanol–water partition coefficient (Wildman–Crippen LogP) is 2.40. The number of halogens is 2. The summed E-state index contributed by atoms with van der Waals surface area (Å²) in [7, 11) is 0. The highest BCUT2D eigenvalue weighted by atomic mass is 35.5. The molecule has 0 bridgehead atoms. The van der Waals surface area contributed by atoms with Gasteiger partial charge in [-0.25, -0.2) is 4.39 Å². The maximum absolute atomic E-state index is 13.4. The summed E-state index contributed by atoms with van der Waals surface area (Å²) in [6, 6.07) is 4.09. The van der Waals surface area contributed by atoms with Gasteiger partial charge >= 0.3 is 0 Å². The Morgan fingerprint density at radius 3 is 2.88 bits per heavy atom. The molecule has 3 N–H and O–H groups in total. The Kier molecular flexibility index (Phi) is 5.83. The molecule has 3 unspecified atom stereocenters. The third-order valence-electron chi connectivity index (χ3n) is 4.79. The molecule has 0 spiro atoms. The second-order valence-corrected chi connectivity index (χ2v) is 6.49. The van der Waals surface area contributed by atoms with Gasteiger partial charge in [0.05, 0.1) is 5.92 Å². The van der Waals surface area contributed by atoms with E-state index in [9.17, 15) is 14.0 Å². The Balaban J connectivity index is 0.00000208. The first-order valence-corrected chi connectivity index (χ1v) is 8.12. The standard InChI is InChI=1S/C17H22FN3O2.ClH/c1-10(19)15-4-2-3-7-21(15)17(23)13-9-16(22)20-14-8-11(18)5-6-12(13)14;/h5-6,8,10,13,15H,2-4,7,9,19H2,1H3,(H,20,22);1H. The normalized spacial score (nSPS) is 24.5. The van der Waals surface area contributed by atoms with Gasteiger partial charge in [-0.2, -0.15) is 0 Å². The summed E-state index contributed by atoms with van der Waals surface area (Å²) >= 11 is 0. The molecule has 24 heavy (non-hydrogen) atoms. The van der Waals surface area contributed by atoms with E-state index in [1.54, 1.807) is 6.07 Å². The SMILES string of the molecule is CC(N)C1CCCCN1C(=O)C1CC(=O)Nc2cc(F)ccc21.Cl. The van der Waals surface area contributed by atoms with E-state index < -0.39 is 11.7 Å². The van der Waals surface area contributed by atoms with Gasteiger partial charge in [-0.15, -0.1) is 12.4 Å². The second kappa shape index (κ2) is 7.49. The fourth-order valence-corrected chi connectivity index (χ4v) is 3.64. The zero-order chi connectivity index (χ0) is 16.6. The van der Waals surface area contributed by atoms with Crippen molar-refractivity contribution in [3.05, 3.63) is 29.6 Å². The van der Waals surface area contributed by atoms with Crippen molar-refractivity contribution in [3.63, 3.8) is 0 Å². The monoisotopic (exact) mass is 355 g/mol. The minimum Gasteiger partial charge on any atom is -0.338 e. The maximum atomic E-state index is 13.4. The van der Waals surface area contributed by atoms with Gasteiger partial charge in [-0.05, 0) is 43.9 Å². The lowest BCUT2D eigenvalue weighted by Gasteiger charge is -2.40. The number of nitrogens with two attached hydrogens (primary N) is 1. The van der Waals surface area contributed by atoms with Crippen molar-refractivity contribution < 1.29 is 14.0 Å². The minimum absolute atomic E-state index is 0. The topological polar surface area (TPSA) is 75.4 Å². The van der Waals surface area contributed by atoms with Crippen LogP contribution in [0, 0.1) is 5.82 Å². The predicted molar refractivity (Wildman–Crippen MR) is 92.6 cm³/mol. The summed E-state index contributed by atoms with van der Waals surface area (Å²) < 4.78 is 13.4. The summed E-state index contributed by atoms with van der Waals surface area (Å²) in [6.07, 6.45) is 2.99. The van der Waals surface area contributed by atoms with E-state index in [4.69, 9.17) is 5.73 Å². The molecule has 0 aliphatic carbocycles. The highest BCUT2D eigenvalue weighted by molar-refractivity contribution is 6.01. The molecule has 3 atom stereocenters. The van der Waals surface area contributed by atoms with Gasteiger partial charge in [0.2, 0.25) is 11.8 Å². The molecule has 3 rings (SSSR count). The van der Waals surface area contributed by atoms with Gasteiger partial charge in [0.1, 0.15) is 5.82 Å². The molecule has 132 valence electrons. The van der Waals surface area contributed by atoms with E-state index in [2.05, 4.69) is 5.32 Å². The van der Waals surface area contributed by atoms with Gasteiger partial charge in [-0.3, -0.25) is 9.59 Å². The number of nitrogens with one attached hydrogen (secondary N) is 1. The highest BCUT2D eigenvalue weighted by Gasteiger charge is 2.37. The van der Waals surface area contributed by atoms with E-state index >= 15 is 0 Å². The third kappa shape index (κ3) is 3.54. The Labute approximate surface area is 147 Å². The van der Waals surface area contributed by atoms with Crippen LogP contribution < -0.4 is 11.1 Å². The zero-order valence-electron chi connectivity index (χ0n) is 13.6. The number of amides is 2. The van der Waals surface area contributed by atoms with Crippen LogP contribution in [0.3, 0.4) is 0 Å². The molecule has 5 nitrogen and oxygen atoms in total. The van der Waals surface area contributed by atoms with E-state index in [0.29, 0.717) is 17.8 Å². The highest BCUT2D eigenvalue weighted by Crippen LogP contribution is 2.35. The number of nitrogens with zero attached hydrogens (tertiary/aromatic N) is 1. The summed E-state index contributed by atoms with van der Waals surface area (Å²) in [5, 5.41) is 2.65. The molecule has 7 heteroatoms. The van der Waals surface area contributed by atoms with E-state index in [0.717, 1.165) is 19.3 Å². The smallest absolute Gasteiger partial charge is 0.231 e. The molecule has 2 heterocycles. The van der Waals surface area contributed by atoms with Gasteiger partial charge in [0.15, 0.2) is 0 Å². The molecule has 0 saturated carbocycles. The number of fused-ring (bicyclic) bond motifs is 1. The van der Waals surface area contributed by atoms with Crippen LogP contribution in [0.1, 0.15) is 44.1 Å². The van der Waals surface area contributed by atoms with Gasteiger partial charge < -0.3 is 16.0 Å². The van der Waals surface area contributed by atoms with Crippen molar-refractivity contribution in [1.29, 1.82) is 0 Å². The maximum Gasteiger partial charge on any atom is 0.231 e. The van der Waals surface area contributed by atoms with Crippen LogP contribution in [0.4, 0.5) is 10.1 Å². The first-order valence-electron chi connectivity index (χ1n) is 8.12. The van der Waals surface area contributed by atoms with Crippen molar-refractivity contribution in [2.75, 3.05) is 11.9 Å². The number of rotatable bonds is 2. The number of likely N-dealkylation sites (tertiary alicyclic amines) is 1. The van der Waals surface area contributed by atoms with Crippen molar-refractivity contribution in [3.8, 4) is 0 Å². The van der Waals surface area contributed by atoms with Gasteiger partial charge in [-0.1, -0.05) is 6.07 Å². The number of hydrogen-bond acceptors (Lipinski definition) is 3. The molecule has 1 aromatic rings. The van der Waals surface area contributed by atoms with Crippen LogP contribution >= 0.6 is 12.4 Å². The average Bonchev–Trinajstić information content (AvgIpc) is 2.52. The van der Waals surface area contributed by atoms with Crippen LogP contribution in [0.25, 0.3) is 0 Å². The summed E-state index contributed by atoms with van der Waals surface area (Å²) in [6.45, 7) is 2.58. The number of piperidine rings is 1. The van der Waals surface area contributed by atoms with E-state index in [1.165, 1.54) is 12.1 Å². The van der Waals surface area contributed by atoms with Crippen molar-refractivity contribution in [2.24, 2.45) is 5.73 Å². The lowest BCUT2D eigenvalue weighted by atomic mass is 9.87. The van der Waals surface area contributed by atoms with E-state index in [1.807, 2.05) is 11.8 Å². The van der Waals surface area contributed by atoms with Crippen LogP contribution in [-0.2, 0) is 9.59 Å². The summed E-state index contributed by atoms with van der Waals surface area (Å²) in [4.78, 5) is 26.8. The molecule has 0 radical (unpaired) electrons. The zero-order valence-corrected chi connectivity index (χ0v) is 14.4. The number of hydrogen-bond donors (Lipinski definition) is 2. The Morgan fingerprint density at radius 1 is 1.42 bits per heavy atom. The number of carbonyl (C=O) groups is 2. The Morgan fingerprint density at radius 2 is 2.17 bits per heavy atom. The van der Waals surface area contributed by atoms with Crippen LogP contribution in [0.5, 0.6) is 0 Å². The quantitative estimate of drug-likeness (QED) is 0.855. The number of benzene rings is 1. The third-order valence-corrected chi connectivity index (χ3v) is 4.79. The van der Waals surface area contributed by atoms with Gasteiger partial charge in [0.25, 0.3) is 0 Å². The largest absolute Gasteiger partial charge is 0.338 e. The van der Waals surface area contributed by atoms with Crippen molar-refractivity contribution >= 4 is 29.9 Å². The summed E-state index contributed by atoms with van der Waals surface area (Å²) in [5.74, 6) is -1.31. The lowest BCUT2D eigenvalue weighted by molar-refractivity contribution is -0.138. The molecule has 2 aliphatic rings. The molecule has 2 amide bonds. The molecule has 1 saturated heterocycles. The minimum atomic E-state index is -0.557. The number of anilines is 1. The fraction of sp³-hybridized carbons (Fsp3) is 0.529. The van der Waals surface area contributed by atoms with Crippen LogP contribution in [0.2, 0.25) is 0 Å². The lowest BCUT2D eigenvalue weighted by Crippen LogP contribution is -2.53. The fourth-order valence-electron chi connectivity index (χ4n) is 3.64. The van der Waals surface area contributed by atoms with Crippen LogP contribution in [0.15, 0.2) is 18.2 Å². The molecule has 0 aromatic heterocycles. The van der Waals surface area contributed by atoms with Crippen molar-refractivity contribution in [2.45, 2.75) is 50.6 Å². The molecular formula is C17H23ClFN3O2. The van der Waals surface area contributed by atoms with Gasteiger partial charge in [0, 0.05) is 30.7 Å². The number of carbonyl (C=O) groups excluding carboxylic acids is 2. The van der Waals surface area contributed by atoms with Crippen LogP contribution in [-0.4, -0.2) is 35.3 Å². The average molecular weight is 356 g/mol. The second-order valence-electron chi connectivity index (χ2n) is 6.49. The first kappa shape index (κ1) is 18.7. The first-order chi connectivity index (χ1) is 11.0. The Hall–Kier alpha value is -1.66. The molecule has 2 aliphatic heterocycles. The van der Waals surface area contributed by atoms with Crippen molar-refractivity contribution in [1.82, 2.24) is 4.90 Å². The van der Waals surface area contributed by atoms with E-state index in [-0.39, 0.29) is 42.7 Å².